The first kappa shape index (κ1) is 13.0. The van der Waals surface area contributed by atoms with E-state index in [-0.39, 0.29) is 12.2 Å². The van der Waals surface area contributed by atoms with Crippen molar-refractivity contribution < 1.29 is 14.3 Å². The molecule has 1 aromatic carbocycles. The Kier molecular flexibility index (Phi) is 4.31. The summed E-state index contributed by atoms with van der Waals surface area (Å²) in [7, 11) is 0. The second kappa shape index (κ2) is 5.96. The quantitative estimate of drug-likeness (QED) is 0.863. The van der Waals surface area contributed by atoms with Crippen LogP contribution in [0, 0.1) is 11.7 Å². The number of halogens is 1. The minimum atomic E-state index is -0.751. The van der Waals surface area contributed by atoms with Crippen molar-refractivity contribution in [3.05, 3.63) is 35.6 Å². The third-order valence-corrected chi connectivity index (χ3v) is 3.63. The Labute approximate surface area is 106 Å². The molecule has 18 heavy (non-hydrogen) atoms. The van der Waals surface area contributed by atoms with Crippen LogP contribution in [-0.4, -0.2) is 24.2 Å². The molecule has 0 radical (unpaired) electrons. The van der Waals surface area contributed by atoms with E-state index >= 15 is 0 Å². The number of carbonyl (C=O) groups is 1. The lowest BCUT2D eigenvalue weighted by Crippen LogP contribution is -2.35. The van der Waals surface area contributed by atoms with Crippen molar-refractivity contribution in [2.75, 3.05) is 13.1 Å². The summed E-state index contributed by atoms with van der Waals surface area (Å²) in [5.41, 5.74) is 1.12. The minimum Gasteiger partial charge on any atom is -0.481 e. The first-order valence-electron chi connectivity index (χ1n) is 6.35. The van der Waals surface area contributed by atoms with Gasteiger partial charge < -0.3 is 10.4 Å². The summed E-state index contributed by atoms with van der Waals surface area (Å²) < 4.78 is 12.9. The van der Waals surface area contributed by atoms with Crippen molar-refractivity contribution in [3.63, 3.8) is 0 Å². The maximum absolute atomic E-state index is 12.9. The number of carboxylic acids is 1. The fourth-order valence-electron chi connectivity index (χ4n) is 2.68. The summed E-state index contributed by atoms with van der Waals surface area (Å²) in [5.74, 6) is -0.320. The molecule has 2 unspecified atom stereocenters. The number of nitrogens with one attached hydrogen (secondary N) is 1. The van der Waals surface area contributed by atoms with Gasteiger partial charge in [-0.2, -0.15) is 0 Å². The molecule has 1 aliphatic rings. The summed E-state index contributed by atoms with van der Waals surface area (Å²) >= 11 is 0. The van der Waals surface area contributed by atoms with Gasteiger partial charge in [0.2, 0.25) is 0 Å². The maximum atomic E-state index is 12.9. The third kappa shape index (κ3) is 3.29. The van der Waals surface area contributed by atoms with E-state index in [4.69, 9.17) is 5.11 Å². The molecule has 3 nitrogen and oxygen atoms in total. The van der Waals surface area contributed by atoms with Crippen molar-refractivity contribution in [1.29, 1.82) is 0 Å². The molecule has 0 aromatic heterocycles. The molecule has 1 fully saturated rings. The molecule has 1 aliphatic heterocycles. The molecule has 0 saturated carbocycles. The van der Waals surface area contributed by atoms with Gasteiger partial charge in [-0.05, 0) is 55.5 Å². The smallest absolute Gasteiger partial charge is 0.303 e. The summed E-state index contributed by atoms with van der Waals surface area (Å²) in [6.07, 6.45) is 1.85. The second-order valence-corrected chi connectivity index (χ2v) is 4.84. The van der Waals surface area contributed by atoms with E-state index in [0.717, 1.165) is 25.1 Å². The van der Waals surface area contributed by atoms with Gasteiger partial charge in [-0.1, -0.05) is 12.1 Å². The van der Waals surface area contributed by atoms with Crippen molar-refractivity contribution >= 4 is 5.97 Å². The first-order chi connectivity index (χ1) is 8.66. The number of aliphatic carboxylic acids is 1. The average molecular weight is 251 g/mol. The van der Waals surface area contributed by atoms with Gasteiger partial charge in [0.05, 0.1) is 0 Å². The van der Waals surface area contributed by atoms with Crippen LogP contribution in [-0.2, 0) is 4.79 Å². The van der Waals surface area contributed by atoms with Crippen molar-refractivity contribution in [2.24, 2.45) is 5.92 Å². The monoisotopic (exact) mass is 251 g/mol. The van der Waals surface area contributed by atoms with E-state index in [9.17, 15) is 9.18 Å². The van der Waals surface area contributed by atoms with E-state index in [2.05, 4.69) is 5.32 Å². The van der Waals surface area contributed by atoms with Crippen molar-refractivity contribution in [3.8, 4) is 0 Å². The molecule has 2 atom stereocenters. The van der Waals surface area contributed by atoms with E-state index < -0.39 is 5.97 Å². The number of hydrogen-bond donors (Lipinski definition) is 2. The Balaban J connectivity index is 2.07. The number of carboxylic acid groups (broad SMARTS) is 1. The van der Waals surface area contributed by atoms with Gasteiger partial charge in [-0.3, -0.25) is 4.79 Å². The Morgan fingerprint density at radius 1 is 1.39 bits per heavy atom. The molecule has 1 heterocycles. The van der Waals surface area contributed by atoms with E-state index in [1.54, 1.807) is 0 Å². The van der Waals surface area contributed by atoms with Gasteiger partial charge in [-0.15, -0.1) is 0 Å². The van der Waals surface area contributed by atoms with Crippen LogP contribution in [0.5, 0.6) is 0 Å². The van der Waals surface area contributed by atoms with Crippen molar-refractivity contribution in [2.45, 2.75) is 25.2 Å². The largest absolute Gasteiger partial charge is 0.481 e. The fraction of sp³-hybridized carbons (Fsp3) is 0.500. The number of piperidine rings is 1. The molecule has 0 spiro atoms. The van der Waals surface area contributed by atoms with Crippen LogP contribution in [0.15, 0.2) is 24.3 Å². The predicted molar refractivity (Wildman–Crippen MR) is 67.0 cm³/mol. The average Bonchev–Trinajstić information content (AvgIpc) is 2.38. The Morgan fingerprint density at radius 2 is 2.11 bits per heavy atom. The Hall–Kier alpha value is -1.42. The highest BCUT2D eigenvalue weighted by Gasteiger charge is 2.26. The van der Waals surface area contributed by atoms with E-state index in [1.165, 1.54) is 12.1 Å². The maximum Gasteiger partial charge on any atom is 0.303 e. The molecule has 0 bridgehead atoms. The van der Waals surface area contributed by atoms with Gasteiger partial charge in [0.1, 0.15) is 5.82 Å². The SMILES string of the molecule is O=C(O)CCC1CNCCC1c1ccc(F)cc1. The number of hydrogen-bond acceptors (Lipinski definition) is 2. The number of benzene rings is 1. The van der Waals surface area contributed by atoms with Crippen LogP contribution in [0.25, 0.3) is 0 Å². The molecule has 4 heteroatoms. The van der Waals surface area contributed by atoms with Gasteiger partial charge in [0, 0.05) is 6.42 Å². The highest BCUT2D eigenvalue weighted by atomic mass is 19.1. The molecule has 1 saturated heterocycles. The highest BCUT2D eigenvalue weighted by molar-refractivity contribution is 5.66. The molecule has 0 aliphatic carbocycles. The van der Waals surface area contributed by atoms with Gasteiger partial charge in [0.15, 0.2) is 0 Å². The lowest BCUT2D eigenvalue weighted by molar-refractivity contribution is -0.137. The molecule has 0 amide bonds. The summed E-state index contributed by atoms with van der Waals surface area (Å²) in [6, 6.07) is 6.59. The second-order valence-electron chi connectivity index (χ2n) is 4.84. The molecule has 2 rings (SSSR count). The fourth-order valence-corrected chi connectivity index (χ4v) is 2.68. The standard InChI is InChI=1S/C14H18FNO2/c15-12-4-1-10(2-5-12)13-7-8-16-9-11(13)3-6-14(17)18/h1-2,4-5,11,13,16H,3,6-9H2,(H,17,18). The lowest BCUT2D eigenvalue weighted by Gasteiger charge is -2.32. The topological polar surface area (TPSA) is 49.3 Å². The van der Waals surface area contributed by atoms with Crippen LogP contribution in [0.1, 0.15) is 30.7 Å². The number of rotatable bonds is 4. The van der Waals surface area contributed by atoms with E-state index in [0.29, 0.717) is 18.3 Å². The van der Waals surface area contributed by atoms with Crippen LogP contribution in [0.4, 0.5) is 4.39 Å². The first-order valence-corrected chi connectivity index (χ1v) is 6.35. The normalized spacial score (nSPS) is 23.8. The molecule has 98 valence electrons. The molecule has 1 aromatic rings. The van der Waals surface area contributed by atoms with Gasteiger partial charge >= 0.3 is 5.97 Å². The Bertz CT molecular complexity index is 405. The van der Waals surface area contributed by atoms with Crippen LogP contribution in [0.3, 0.4) is 0 Å². The minimum absolute atomic E-state index is 0.198. The zero-order valence-electron chi connectivity index (χ0n) is 10.2. The van der Waals surface area contributed by atoms with Crippen molar-refractivity contribution in [1.82, 2.24) is 5.32 Å². The Morgan fingerprint density at radius 3 is 2.78 bits per heavy atom. The van der Waals surface area contributed by atoms with Crippen LogP contribution < -0.4 is 5.32 Å². The molecular weight excluding hydrogens is 233 g/mol. The highest BCUT2D eigenvalue weighted by Crippen LogP contribution is 2.33. The lowest BCUT2D eigenvalue weighted by atomic mass is 9.79. The zero-order valence-corrected chi connectivity index (χ0v) is 10.2. The summed E-state index contributed by atoms with van der Waals surface area (Å²) in [4.78, 5) is 10.7. The van der Waals surface area contributed by atoms with Crippen LogP contribution >= 0.6 is 0 Å². The van der Waals surface area contributed by atoms with E-state index in [1.807, 2.05) is 12.1 Å². The van der Waals surface area contributed by atoms with Crippen LogP contribution in [0.2, 0.25) is 0 Å². The predicted octanol–water partition coefficient (Wildman–Crippen LogP) is 2.38. The summed E-state index contributed by atoms with van der Waals surface area (Å²) in [6.45, 7) is 1.78. The zero-order chi connectivity index (χ0) is 13.0. The summed E-state index contributed by atoms with van der Waals surface area (Å²) in [5, 5.41) is 12.1. The molecule has 2 N–H and O–H groups in total. The third-order valence-electron chi connectivity index (χ3n) is 3.63. The van der Waals surface area contributed by atoms with Gasteiger partial charge in [0.25, 0.3) is 0 Å². The van der Waals surface area contributed by atoms with Gasteiger partial charge in [-0.25, -0.2) is 4.39 Å². The molecular formula is C14H18FNO2.